The van der Waals surface area contributed by atoms with Gasteiger partial charge < -0.3 is 25.8 Å². The number of aromatic nitrogens is 2. The molecule has 4 N–H and O–H groups in total. The Morgan fingerprint density at radius 3 is 1.98 bits per heavy atom. The van der Waals surface area contributed by atoms with Crippen LogP contribution in [0.25, 0.3) is 0 Å². The number of aryl methyl sites for hydroxylation is 1. The highest BCUT2D eigenvalue weighted by Gasteiger charge is 2.36. The van der Waals surface area contributed by atoms with Crippen LogP contribution in [0.1, 0.15) is 80.0 Å². The average molecular weight is 873 g/mol. The van der Waals surface area contributed by atoms with E-state index in [0.717, 1.165) is 49.7 Å². The number of ether oxygens (including phenoxy) is 2. The molecule has 0 spiro atoms. The van der Waals surface area contributed by atoms with Gasteiger partial charge in [0.1, 0.15) is 23.5 Å². The van der Waals surface area contributed by atoms with Crippen molar-refractivity contribution in [3.8, 4) is 0 Å². The highest BCUT2D eigenvalue weighted by molar-refractivity contribution is 6.33. The first-order valence-electron chi connectivity index (χ1n) is 18.7. The van der Waals surface area contributed by atoms with Gasteiger partial charge in [0, 0.05) is 24.5 Å². The third kappa shape index (κ3) is 15.8. The molecule has 314 valence electrons. The zero-order valence-corrected chi connectivity index (χ0v) is 33.9. The molecular weight excluding hydrogens is 828 g/mol. The van der Waals surface area contributed by atoms with Crippen LogP contribution in [0.3, 0.4) is 0 Å². The van der Waals surface area contributed by atoms with Crippen LogP contribution in [0, 0.1) is 24.5 Å². The van der Waals surface area contributed by atoms with Crippen molar-refractivity contribution in [2.45, 2.75) is 102 Å². The Balaban J connectivity index is 0.000000223. The van der Waals surface area contributed by atoms with Crippen LogP contribution in [-0.4, -0.2) is 40.2 Å². The maximum Gasteiger partial charge on any atom is 0.419 e. The second kappa shape index (κ2) is 22.8. The third-order valence-corrected chi connectivity index (χ3v) is 10.3. The summed E-state index contributed by atoms with van der Waals surface area (Å²) in [7, 11) is 0. The molecule has 0 bridgehead atoms. The molecule has 17 heteroatoms. The predicted molar refractivity (Wildman–Crippen MR) is 213 cm³/mol. The minimum absolute atomic E-state index is 0.0347. The van der Waals surface area contributed by atoms with E-state index in [9.17, 15) is 31.5 Å². The summed E-state index contributed by atoms with van der Waals surface area (Å²) in [5.41, 5.74) is 7.04. The van der Waals surface area contributed by atoms with E-state index in [2.05, 4.69) is 20.6 Å². The number of halogens is 8. The number of alkyl carbamates (subject to hydrolysis) is 1. The molecule has 0 aliphatic heterocycles. The summed E-state index contributed by atoms with van der Waals surface area (Å²) >= 11 is 16.4. The van der Waals surface area contributed by atoms with Crippen molar-refractivity contribution in [1.82, 2.24) is 15.3 Å². The van der Waals surface area contributed by atoms with Crippen LogP contribution in [0.15, 0.2) is 72.8 Å². The van der Waals surface area contributed by atoms with E-state index < -0.39 is 28.5 Å². The van der Waals surface area contributed by atoms with Crippen LogP contribution >= 0.6 is 34.8 Å². The Hall–Kier alpha value is -4.24. The number of anilines is 1. The minimum Gasteiger partial charge on any atom is -0.461 e. The number of amides is 1. The Labute approximate surface area is 349 Å². The van der Waals surface area contributed by atoms with E-state index in [-0.39, 0.29) is 65.3 Å². The summed E-state index contributed by atoms with van der Waals surface area (Å²) < 4.78 is 75.5. The van der Waals surface area contributed by atoms with Crippen molar-refractivity contribution in [3.05, 3.63) is 122 Å². The van der Waals surface area contributed by atoms with Gasteiger partial charge in [-0.25, -0.2) is 23.5 Å². The number of nitrogens with two attached hydrogens (primary N) is 1. The van der Waals surface area contributed by atoms with Gasteiger partial charge in [-0.05, 0) is 86.6 Å². The second-order valence-electron chi connectivity index (χ2n) is 14.1. The zero-order valence-electron chi connectivity index (χ0n) is 31.6. The Morgan fingerprint density at radius 1 is 0.776 bits per heavy atom. The zero-order chi connectivity index (χ0) is 42.2. The van der Waals surface area contributed by atoms with Crippen molar-refractivity contribution < 1.29 is 41.0 Å². The van der Waals surface area contributed by atoms with Crippen molar-refractivity contribution in [1.29, 1.82) is 0 Å². The number of hydrogen-bond acceptors (Lipinski definition) is 8. The number of benzene rings is 2. The first kappa shape index (κ1) is 46.4. The fourth-order valence-electron chi connectivity index (χ4n) is 6.43. The van der Waals surface area contributed by atoms with Gasteiger partial charge in [-0.15, -0.1) is 0 Å². The van der Waals surface area contributed by atoms with Gasteiger partial charge in [-0.2, -0.15) is 13.2 Å². The van der Waals surface area contributed by atoms with Crippen LogP contribution < -0.4 is 16.4 Å². The molecule has 0 radical (unpaired) electrons. The molecule has 2 aliphatic carbocycles. The lowest BCUT2D eigenvalue weighted by Crippen LogP contribution is -2.42. The van der Waals surface area contributed by atoms with Gasteiger partial charge in [0.25, 0.3) is 0 Å². The molecule has 0 unspecified atom stereocenters. The number of nitrogens with zero attached hydrogens (tertiary/aromatic N) is 2. The lowest BCUT2D eigenvalue weighted by atomic mass is 9.84. The molecule has 2 aromatic carbocycles. The van der Waals surface area contributed by atoms with Gasteiger partial charge in [-0.3, -0.25) is 4.79 Å². The summed E-state index contributed by atoms with van der Waals surface area (Å²) in [6, 6.07) is 20.7. The van der Waals surface area contributed by atoms with Gasteiger partial charge in [-0.1, -0.05) is 102 Å². The minimum atomic E-state index is -4.78. The molecule has 58 heavy (non-hydrogen) atoms. The number of pyridine rings is 2. The van der Waals surface area contributed by atoms with E-state index in [1.165, 1.54) is 6.07 Å². The number of hydrogen-bond donors (Lipinski definition) is 3. The number of alkyl halides is 3. The fourth-order valence-corrected chi connectivity index (χ4v) is 6.99. The van der Waals surface area contributed by atoms with E-state index in [4.69, 9.17) is 50.0 Å². The molecular formula is C41H45Cl3F5N5O4. The molecule has 2 heterocycles. The van der Waals surface area contributed by atoms with Gasteiger partial charge in [0.2, 0.25) is 0 Å². The van der Waals surface area contributed by atoms with Crippen LogP contribution in [-0.2, 0) is 33.7 Å². The maximum atomic E-state index is 14.1. The number of nitrogens with one attached hydrogen (secondary N) is 2. The van der Waals surface area contributed by atoms with Crippen molar-refractivity contribution in [2.75, 3.05) is 5.32 Å². The molecule has 2 aromatic heterocycles. The van der Waals surface area contributed by atoms with Crippen LogP contribution in [0.4, 0.5) is 32.6 Å². The lowest BCUT2D eigenvalue weighted by molar-refractivity contribution is -0.146. The molecule has 2 saturated carbocycles. The third-order valence-electron chi connectivity index (χ3n) is 9.37. The number of esters is 1. The topological polar surface area (TPSA) is 128 Å². The molecule has 0 saturated heterocycles. The monoisotopic (exact) mass is 871 g/mol. The summed E-state index contributed by atoms with van der Waals surface area (Å²) in [5, 5.41) is 4.97. The van der Waals surface area contributed by atoms with Gasteiger partial charge in [0.05, 0.1) is 5.56 Å². The highest BCUT2D eigenvalue weighted by atomic mass is 35.5. The normalized spacial score (nSPS) is 19.0. The quantitative estimate of drug-likeness (QED) is 0.0862. The lowest BCUT2D eigenvalue weighted by Gasteiger charge is -2.29. The summed E-state index contributed by atoms with van der Waals surface area (Å²) in [4.78, 5) is 30.8. The maximum absolute atomic E-state index is 14.1. The van der Waals surface area contributed by atoms with Crippen molar-refractivity contribution >= 4 is 52.7 Å². The summed E-state index contributed by atoms with van der Waals surface area (Å²) in [6.45, 7) is 2.17. The molecule has 2 aliphatic rings. The summed E-state index contributed by atoms with van der Waals surface area (Å²) in [5.74, 6) is -2.25. The largest absolute Gasteiger partial charge is 0.461 e. The Bertz CT molecular complexity index is 1880. The van der Waals surface area contributed by atoms with E-state index in [0.29, 0.717) is 31.1 Å². The smallest absolute Gasteiger partial charge is 0.419 e. The Morgan fingerprint density at radius 2 is 1.38 bits per heavy atom. The first-order valence-corrected chi connectivity index (χ1v) is 19.8. The second-order valence-corrected chi connectivity index (χ2v) is 15.2. The number of carbonyl (C=O) groups excluding carboxylic acids is 2. The van der Waals surface area contributed by atoms with E-state index >= 15 is 0 Å². The Kier molecular flexibility index (Phi) is 18.2. The van der Waals surface area contributed by atoms with Gasteiger partial charge in [0.15, 0.2) is 22.6 Å². The molecule has 6 rings (SSSR count). The number of rotatable bonds is 9. The fraction of sp³-hybridized carbons (Fsp3) is 0.415. The highest BCUT2D eigenvalue weighted by Crippen LogP contribution is 2.36. The SMILES string of the molecule is Cc1cc(F)c(Cl)nc1Cl.N[C@H]1CCC[C@@H](NC(=O)OCc2ccccc2)C1.O=C(C[C@@H]1CCC[C@H](Nc2nc(Cl)c(C(F)(F)F)cc2F)C1)OCc1ccccc1. The van der Waals surface area contributed by atoms with Gasteiger partial charge >= 0.3 is 18.2 Å². The van der Waals surface area contributed by atoms with Crippen LogP contribution in [0.5, 0.6) is 0 Å². The number of carbonyl (C=O) groups is 2. The molecule has 9 nitrogen and oxygen atoms in total. The standard InChI is InChI=1S/C21H21ClF4N2O2.C14H20N2O2.C6H4Cl2FN/c22-19-16(21(24,25)26)11-17(23)20(28-19)27-15-8-4-7-14(9-15)10-18(29)30-12-13-5-2-1-3-6-13;15-12-7-4-8-13(9-12)16-14(17)18-10-11-5-2-1-3-6-11;1-3-2-4(9)6(8)10-5(3)7/h1-3,5-6,11,14-15H,4,7-10,12H2,(H,27,28);1-3,5-6,12-13H,4,7-10,15H2,(H,16,17);2H,1H3/t14-,15+;12-,13+;/m10./s1. The van der Waals surface area contributed by atoms with E-state index in [1.807, 2.05) is 60.7 Å². The molecule has 4 atom stereocenters. The summed E-state index contributed by atoms with van der Waals surface area (Å²) in [6.07, 6.45) is 1.94. The van der Waals surface area contributed by atoms with Crippen LogP contribution in [0.2, 0.25) is 15.5 Å². The van der Waals surface area contributed by atoms with Crippen molar-refractivity contribution in [2.24, 2.45) is 11.7 Å². The van der Waals surface area contributed by atoms with E-state index in [1.54, 1.807) is 6.92 Å². The predicted octanol–water partition coefficient (Wildman–Crippen LogP) is 11.0. The molecule has 2 fully saturated rings. The van der Waals surface area contributed by atoms with Crippen molar-refractivity contribution in [3.63, 3.8) is 0 Å². The average Bonchev–Trinajstić information content (AvgIpc) is 3.18. The molecule has 4 aromatic rings. The first-order chi connectivity index (χ1) is 27.6. The molecule has 1 amide bonds.